The molecule has 23 heavy (non-hydrogen) atoms. The van der Waals surface area contributed by atoms with Crippen molar-refractivity contribution in [1.82, 2.24) is 0 Å². The highest BCUT2D eigenvalue weighted by atomic mass is 35.5. The van der Waals surface area contributed by atoms with E-state index in [4.69, 9.17) is 32.7 Å². The average Bonchev–Trinajstić information content (AvgIpc) is 2.56. The van der Waals surface area contributed by atoms with E-state index in [2.05, 4.69) is 10.2 Å². The molecule has 0 amide bonds. The van der Waals surface area contributed by atoms with Gasteiger partial charge in [0.25, 0.3) is 7.44 Å². The van der Waals surface area contributed by atoms with Crippen LogP contribution in [0.1, 0.15) is 0 Å². The Balaban J connectivity index is 2.18. The Bertz CT molecular complexity index is 625. The number of nitrogens with one attached hydrogen (secondary N) is 2. The summed E-state index contributed by atoms with van der Waals surface area (Å²) in [6.07, 6.45) is 0. The van der Waals surface area contributed by atoms with Gasteiger partial charge in [0.05, 0.1) is 14.2 Å². The number of methoxy groups -OCH3 is 2. The predicted molar refractivity (Wildman–Crippen MR) is 96.3 cm³/mol. The molecule has 0 aliphatic heterocycles. The van der Waals surface area contributed by atoms with Crippen LogP contribution >= 0.6 is 30.6 Å². The molecule has 2 aromatic carbocycles. The quantitative estimate of drug-likeness (QED) is 0.516. The largest absolute Gasteiger partial charge is 0.497 e. The molecule has 8 heteroatoms. The van der Waals surface area contributed by atoms with Crippen LogP contribution in [0.2, 0.25) is 0 Å². The molecule has 0 radical (unpaired) electrons. The van der Waals surface area contributed by atoms with Crippen LogP contribution < -0.4 is 19.6 Å². The summed E-state index contributed by atoms with van der Waals surface area (Å²) in [6, 6.07) is 13.9. The van der Waals surface area contributed by atoms with Crippen molar-refractivity contribution in [2.45, 2.75) is 4.58 Å². The Morgan fingerprint density at radius 3 is 1.43 bits per heavy atom. The topological polar surface area (TPSA) is 59.6 Å². The standard InChI is InChI=1S/C15H17Cl2N2O3P/c1-21-13-7-3-11(4-8-13)18-23(20,15(16)17)19-12-5-9-14(22-2)10-6-12/h3-10,15H,1-2H3,(H2,18,19,20). The molecule has 0 fully saturated rings. The maximum atomic E-state index is 13.0. The van der Waals surface area contributed by atoms with Crippen molar-refractivity contribution in [3.63, 3.8) is 0 Å². The van der Waals surface area contributed by atoms with Crippen molar-refractivity contribution in [3.8, 4) is 11.5 Å². The first-order chi connectivity index (χ1) is 11.0. The average molecular weight is 375 g/mol. The fraction of sp³-hybridized carbons (Fsp3) is 0.200. The summed E-state index contributed by atoms with van der Waals surface area (Å²) in [4.78, 5) is 0. The van der Waals surface area contributed by atoms with Gasteiger partial charge in [0.1, 0.15) is 11.5 Å². The highest BCUT2D eigenvalue weighted by Crippen LogP contribution is 2.53. The fourth-order valence-electron chi connectivity index (χ4n) is 1.84. The second-order valence-electron chi connectivity index (χ2n) is 4.62. The van der Waals surface area contributed by atoms with Gasteiger partial charge in [-0.05, 0) is 48.5 Å². The van der Waals surface area contributed by atoms with E-state index in [-0.39, 0.29) is 0 Å². The third-order valence-corrected chi connectivity index (χ3v) is 6.42. The lowest BCUT2D eigenvalue weighted by molar-refractivity contribution is 0.415. The Hall–Kier alpha value is -1.55. The molecule has 0 aliphatic carbocycles. The number of rotatable bonds is 7. The summed E-state index contributed by atoms with van der Waals surface area (Å²) in [6.45, 7) is 0. The molecular formula is C15H17Cl2N2O3P. The number of alkyl halides is 2. The Morgan fingerprint density at radius 2 is 1.17 bits per heavy atom. The van der Waals surface area contributed by atoms with E-state index in [9.17, 15) is 4.57 Å². The van der Waals surface area contributed by atoms with E-state index in [1.165, 1.54) is 0 Å². The zero-order valence-electron chi connectivity index (χ0n) is 12.6. The van der Waals surface area contributed by atoms with Gasteiger partial charge in [0.15, 0.2) is 4.58 Å². The zero-order chi connectivity index (χ0) is 16.9. The van der Waals surface area contributed by atoms with Gasteiger partial charge in [0, 0.05) is 11.4 Å². The number of halogens is 2. The molecule has 0 spiro atoms. The SMILES string of the molecule is COc1ccc(NP(=O)(Nc2ccc(OC)cc2)C(Cl)Cl)cc1. The van der Waals surface area contributed by atoms with Crippen LogP contribution in [0.3, 0.4) is 0 Å². The van der Waals surface area contributed by atoms with Gasteiger partial charge >= 0.3 is 0 Å². The van der Waals surface area contributed by atoms with Gasteiger partial charge in [-0.15, -0.1) is 0 Å². The van der Waals surface area contributed by atoms with Gasteiger partial charge < -0.3 is 19.6 Å². The third kappa shape index (κ3) is 4.71. The molecule has 0 heterocycles. The second-order valence-corrected chi connectivity index (χ2v) is 8.60. The summed E-state index contributed by atoms with van der Waals surface area (Å²) in [5, 5.41) is 5.75. The number of hydrogen-bond acceptors (Lipinski definition) is 3. The minimum Gasteiger partial charge on any atom is -0.497 e. The van der Waals surface area contributed by atoms with Crippen molar-refractivity contribution in [1.29, 1.82) is 0 Å². The molecule has 2 N–H and O–H groups in total. The highest BCUT2D eigenvalue weighted by Gasteiger charge is 2.30. The smallest absolute Gasteiger partial charge is 0.290 e. The first kappa shape index (κ1) is 17.8. The zero-order valence-corrected chi connectivity index (χ0v) is 15.0. The summed E-state index contributed by atoms with van der Waals surface area (Å²) in [7, 11) is -0.182. The van der Waals surface area contributed by atoms with Crippen LogP contribution in [0.4, 0.5) is 11.4 Å². The highest BCUT2D eigenvalue weighted by molar-refractivity contribution is 7.70. The molecule has 5 nitrogen and oxygen atoms in total. The summed E-state index contributed by atoms with van der Waals surface area (Å²) in [5.74, 6) is 1.39. The Kier molecular flexibility index (Phi) is 6.05. The maximum absolute atomic E-state index is 13.0. The van der Waals surface area contributed by atoms with Crippen LogP contribution in [0.15, 0.2) is 48.5 Å². The molecule has 0 unspecified atom stereocenters. The van der Waals surface area contributed by atoms with E-state index in [0.717, 1.165) is 0 Å². The van der Waals surface area contributed by atoms with Crippen LogP contribution in [-0.4, -0.2) is 18.8 Å². The first-order valence-corrected chi connectivity index (χ1v) is 9.34. The van der Waals surface area contributed by atoms with E-state index in [0.29, 0.717) is 22.9 Å². The predicted octanol–water partition coefficient (Wildman–Crippen LogP) is 5.18. The number of ether oxygens (including phenoxy) is 2. The lowest BCUT2D eigenvalue weighted by atomic mass is 10.3. The van der Waals surface area contributed by atoms with Crippen molar-refractivity contribution < 1.29 is 14.0 Å². The lowest BCUT2D eigenvalue weighted by Gasteiger charge is -2.23. The number of anilines is 2. The normalized spacial score (nSPS) is 11.2. The van der Waals surface area contributed by atoms with Gasteiger partial charge in [0.2, 0.25) is 0 Å². The monoisotopic (exact) mass is 374 g/mol. The van der Waals surface area contributed by atoms with Crippen LogP contribution in [0.25, 0.3) is 0 Å². The van der Waals surface area contributed by atoms with E-state index >= 15 is 0 Å². The second kappa shape index (κ2) is 7.82. The minimum absolute atomic E-state index is 0.612. The van der Waals surface area contributed by atoms with Crippen LogP contribution in [0.5, 0.6) is 11.5 Å². The van der Waals surface area contributed by atoms with E-state index in [1.807, 2.05) is 0 Å². The molecule has 0 aliphatic rings. The van der Waals surface area contributed by atoms with Crippen molar-refractivity contribution in [2.24, 2.45) is 0 Å². The molecule has 0 atom stereocenters. The summed E-state index contributed by atoms with van der Waals surface area (Å²) < 4.78 is 22.1. The van der Waals surface area contributed by atoms with Crippen LogP contribution in [0, 0.1) is 0 Å². The first-order valence-electron chi connectivity index (χ1n) is 6.69. The molecule has 0 bridgehead atoms. The molecule has 124 valence electrons. The Labute approximate surface area is 145 Å². The molecular weight excluding hydrogens is 358 g/mol. The lowest BCUT2D eigenvalue weighted by Crippen LogP contribution is -2.11. The van der Waals surface area contributed by atoms with Gasteiger partial charge in [-0.2, -0.15) is 0 Å². The number of hydrogen-bond donors (Lipinski definition) is 2. The molecule has 0 saturated heterocycles. The van der Waals surface area contributed by atoms with Crippen molar-refractivity contribution in [3.05, 3.63) is 48.5 Å². The third-order valence-electron chi connectivity index (χ3n) is 3.05. The summed E-state index contributed by atoms with van der Waals surface area (Å²) in [5.41, 5.74) is 1.22. The molecule has 0 aromatic heterocycles. The van der Waals surface area contributed by atoms with Gasteiger partial charge in [-0.1, -0.05) is 23.2 Å². The molecule has 2 aromatic rings. The molecule has 0 saturated carbocycles. The fourth-order valence-corrected chi connectivity index (χ4v) is 3.74. The van der Waals surface area contributed by atoms with Crippen molar-refractivity contribution >= 4 is 42.0 Å². The molecule has 2 rings (SSSR count). The minimum atomic E-state index is -3.33. The van der Waals surface area contributed by atoms with Gasteiger partial charge in [-0.3, -0.25) is 4.57 Å². The Morgan fingerprint density at radius 1 is 0.826 bits per heavy atom. The van der Waals surface area contributed by atoms with Crippen LogP contribution in [-0.2, 0) is 4.57 Å². The van der Waals surface area contributed by atoms with E-state index in [1.54, 1.807) is 62.8 Å². The summed E-state index contributed by atoms with van der Waals surface area (Å²) >= 11 is 11.9. The van der Waals surface area contributed by atoms with E-state index < -0.39 is 12.0 Å². The number of benzene rings is 2. The van der Waals surface area contributed by atoms with Gasteiger partial charge in [-0.25, -0.2) is 0 Å². The maximum Gasteiger partial charge on any atom is 0.290 e. The van der Waals surface area contributed by atoms with Crippen molar-refractivity contribution in [2.75, 3.05) is 24.4 Å².